The molecular weight excluding hydrogens is 504 g/mol. The molecule has 1 aliphatic rings. The molecule has 1 aromatic heterocycles. The van der Waals surface area contributed by atoms with Crippen LogP contribution in [0.15, 0.2) is 18.2 Å². The van der Waals surface area contributed by atoms with E-state index in [0.717, 1.165) is 0 Å². The van der Waals surface area contributed by atoms with Crippen molar-refractivity contribution in [1.82, 2.24) is 20.6 Å². The first-order valence-corrected chi connectivity index (χ1v) is 13.0. The molecule has 3 N–H and O–H groups in total. The second kappa shape index (κ2) is 11.3. The maximum Gasteiger partial charge on any atom is 0.408 e. The summed E-state index contributed by atoms with van der Waals surface area (Å²) in [6.45, 7) is 14.5. The van der Waals surface area contributed by atoms with Crippen molar-refractivity contribution in [3.63, 3.8) is 0 Å². The molecule has 39 heavy (non-hydrogen) atoms. The summed E-state index contributed by atoms with van der Waals surface area (Å²) < 4.78 is 17.0. The summed E-state index contributed by atoms with van der Waals surface area (Å²) in [5.74, 6) is -0.765. The fraction of sp³-hybridized carbons (Fsp3) is 0.607. The molecule has 0 bridgehead atoms. The Hall–Kier alpha value is -3.47. The van der Waals surface area contributed by atoms with Crippen LogP contribution >= 0.6 is 0 Å². The number of ether oxygens (including phenoxy) is 3. The van der Waals surface area contributed by atoms with Crippen LogP contribution in [-0.4, -0.2) is 69.9 Å². The average Bonchev–Trinajstić information content (AvgIpc) is 3.23. The molecule has 0 aliphatic carbocycles. The standard InChI is InChI=1S/C28H40N4O7/c1-14(2)20-24(31-17-12-15(37-9)10-11-16(17)29-20)38-19-13-18(25(34)35)30-21(19)22(33)23(27(3,4)5)32-26(36)39-28(6,7)8/h10-12,14,18-19,21,23,30H,13H2,1-9H3,(H,32,36)(H,34,35)/t18?,19?,21?,23-/m0/s1. The topological polar surface area (TPSA) is 149 Å². The van der Waals surface area contributed by atoms with E-state index < -0.39 is 53.1 Å². The number of carbonyl (C=O) groups is 3. The first-order chi connectivity index (χ1) is 18.0. The third-order valence-electron chi connectivity index (χ3n) is 6.31. The van der Waals surface area contributed by atoms with E-state index in [1.165, 1.54) is 0 Å². The number of fused-ring (bicyclic) bond motifs is 1. The minimum Gasteiger partial charge on any atom is -0.497 e. The Kier molecular flexibility index (Phi) is 8.74. The summed E-state index contributed by atoms with van der Waals surface area (Å²) in [6, 6.07) is 2.28. The number of Topliss-reactive ketones (excluding diaryl/α,β-unsaturated/α-hetero) is 1. The number of aromatic nitrogens is 2. The van der Waals surface area contributed by atoms with Crippen molar-refractivity contribution in [2.75, 3.05) is 7.11 Å². The molecule has 0 spiro atoms. The quantitative estimate of drug-likeness (QED) is 0.447. The lowest BCUT2D eigenvalue weighted by Gasteiger charge is -2.34. The van der Waals surface area contributed by atoms with Crippen molar-refractivity contribution in [1.29, 1.82) is 0 Å². The lowest BCUT2D eigenvalue weighted by atomic mass is 9.81. The Morgan fingerprint density at radius 2 is 1.74 bits per heavy atom. The number of ketones is 1. The van der Waals surface area contributed by atoms with Crippen LogP contribution in [0.5, 0.6) is 11.6 Å². The number of benzene rings is 1. The number of carboxylic acid groups (broad SMARTS) is 1. The van der Waals surface area contributed by atoms with Gasteiger partial charge in [-0.2, -0.15) is 0 Å². The molecule has 214 valence electrons. The van der Waals surface area contributed by atoms with Crippen LogP contribution in [0.4, 0.5) is 4.79 Å². The number of rotatable bonds is 8. The lowest BCUT2D eigenvalue weighted by Crippen LogP contribution is -2.58. The van der Waals surface area contributed by atoms with Gasteiger partial charge < -0.3 is 24.6 Å². The number of carboxylic acids is 1. The molecule has 1 fully saturated rings. The molecule has 0 radical (unpaired) electrons. The molecule has 2 aromatic rings. The van der Waals surface area contributed by atoms with Gasteiger partial charge in [0.15, 0.2) is 5.78 Å². The number of hydrogen-bond donors (Lipinski definition) is 3. The van der Waals surface area contributed by atoms with Gasteiger partial charge in [0.05, 0.1) is 24.2 Å². The van der Waals surface area contributed by atoms with E-state index in [2.05, 4.69) is 15.6 Å². The summed E-state index contributed by atoms with van der Waals surface area (Å²) in [5, 5.41) is 15.3. The normalized spacial score (nSPS) is 20.5. The Morgan fingerprint density at radius 1 is 1.08 bits per heavy atom. The number of hydrogen-bond acceptors (Lipinski definition) is 9. The largest absolute Gasteiger partial charge is 0.497 e. The van der Waals surface area contributed by atoms with Crippen molar-refractivity contribution in [3.05, 3.63) is 23.9 Å². The van der Waals surface area contributed by atoms with Gasteiger partial charge in [0.25, 0.3) is 0 Å². The number of carbonyl (C=O) groups excluding carboxylic acids is 2. The molecule has 2 heterocycles. The van der Waals surface area contributed by atoms with Gasteiger partial charge in [0.2, 0.25) is 5.88 Å². The van der Waals surface area contributed by atoms with Gasteiger partial charge in [-0.05, 0) is 38.3 Å². The molecular formula is C28H40N4O7. The Bertz CT molecular complexity index is 1230. The smallest absolute Gasteiger partial charge is 0.408 e. The monoisotopic (exact) mass is 544 g/mol. The van der Waals surface area contributed by atoms with Gasteiger partial charge in [-0.15, -0.1) is 0 Å². The fourth-order valence-corrected chi connectivity index (χ4v) is 4.40. The predicted octanol–water partition coefficient (Wildman–Crippen LogP) is 3.83. The van der Waals surface area contributed by atoms with Crippen LogP contribution in [0.25, 0.3) is 11.0 Å². The van der Waals surface area contributed by atoms with Crippen LogP contribution in [0, 0.1) is 5.41 Å². The van der Waals surface area contributed by atoms with Crippen LogP contribution in [-0.2, 0) is 14.3 Å². The Balaban J connectivity index is 1.99. The summed E-state index contributed by atoms with van der Waals surface area (Å²) in [5.41, 5.74) is 0.311. The third kappa shape index (κ3) is 7.35. The third-order valence-corrected chi connectivity index (χ3v) is 6.31. The number of alkyl carbamates (subject to hydrolysis) is 1. The highest BCUT2D eigenvalue weighted by atomic mass is 16.6. The second-order valence-corrected chi connectivity index (χ2v) is 12.2. The highest BCUT2D eigenvalue weighted by Crippen LogP contribution is 2.32. The van der Waals surface area contributed by atoms with Gasteiger partial charge in [-0.1, -0.05) is 34.6 Å². The van der Waals surface area contributed by atoms with Gasteiger partial charge in [0, 0.05) is 18.4 Å². The van der Waals surface area contributed by atoms with E-state index in [1.807, 2.05) is 34.6 Å². The maximum atomic E-state index is 13.9. The van der Waals surface area contributed by atoms with Crippen LogP contribution in [0.3, 0.4) is 0 Å². The van der Waals surface area contributed by atoms with Crippen molar-refractivity contribution in [3.8, 4) is 11.6 Å². The van der Waals surface area contributed by atoms with Gasteiger partial charge in [0.1, 0.15) is 35.2 Å². The number of nitrogens with zero attached hydrogens (tertiary/aromatic N) is 2. The highest BCUT2D eigenvalue weighted by Gasteiger charge is 2.48. The molecule has 11 nitrogen and oxygen atoms in total. The Labute approximate surface area is 229 Å². The van der Waals surface area contributed by atoms with Gasteiger partial charge in [-0.3, -0.25) is 14.9 Å². The summed E-state index contributed by atoms with van der Waals surface area (Å²) in [7, 11) is 1.55. The molecule has 1 aliphatic heterocycles. The minimum atomic E-state index is -1.11. The molecule has 1 aromatic carbocycles. The van der Waals surface area contributed by atoms with E-state index >= 15 is 0 Å². The van der Waals surface area contributed by atoms with Crippen molar-refractivity contribution < 1.29 is 33.7 Å². The van der Waals surface area contributed by atoms with E-state index in [4.69, 9.17) is 19.2 Å². The molecule has 3 rings (SSSR count). The lowest BCUT2D eigenvalue weighted by molar-refractivity contribution is -0.139. The van der Waals surface area contributed by atoms with E-state index in [1.54, 1.807) is 46.1 Å². The first-order valence-electron chi connectivity index (χ1n) is 13.0. The number of amides is 1. The predicted molar refractivity (Wildman–Crippen MR) is 145 cm³/mol. The van der Waals surface area contributed by atoms with Crippen LogP contribution in [0.2, 0.25) is 0 Å². The molecule has 4 atom stereocenters. The molecule has 3 unspecified atom stereocenters. The minimum absolute atomic E-state index is 0.0183. The zero-order chi connectivity index (χ0) is 29.3. The molecule has 0 saturated carbocycles. The first kappa shape index (κ1) is 30.1. The van der Waals surface area contributed by atoms with Gasteiger partial charge in [-0.25, -0.2) is 14.8 Å². The molecule has 1 amide bonds. The second-order valence-electron chi connectivity index (χ2n) is 12.2. The van der Waals surface area contributed by atoms with Crippen molar-refractivity contribution in [2.24, 2.45) is 5.41 Å². The number of nitrogens with one attached hydrogen (secondary N) is 2. The van der Waals surface area contributed by atoms with Crippen molar-refractivity contribution in [2.45, 2.75) is 97.6 Å². The fourth-order valence-electron chi connectivity index (χ4n) is 4.40. The Morgan fingerprint density at radius 3 is 2.28 bits per heavy atom. The number of aliphatic carboxylic acids is 1. The zero-order valence-corrected chi connectivity index (χ0v) is 24.1. The molecule has 1 saturated heterocycles. The van der Waals surface area contributed by atoms with Crippen LogP contribution < -0.4 is 20.1 Å². The summed E-state index contributed by atoms with van der Waals surface area (Å²) in [4.78, 5) is 47.9. The average molecular weight is 545 g/mol. The van der Waals surface area contributed by atoms with Crippen LogP contribution in [0.1, 0.15) is 73.4 Å². The van der Waals surface area contributed by atoms with Gasteiger partial charge >= 0.3 is 12.1 Å². The highest BCUT2D eigenvalue weighted by molar-refractivity contribution is 5.94. The molecule has 11 heteroatoms. The zero-order valence-electron chi connectivity index (χ0n) is 24.1. The van der Waals surface area contributed by atoms with E-state index in [-0.39, 0.29) is 18.2 Å². The SMILES string of the molecule is COc1ccc2nc(C(C)C)c(OC3CC(C(=O)O)NC3C(=O)[C@H](NC(=O)OC(C)(C)C)C(C)(C)C)nc2c1. The number of methoxy groups -OCH3 is 1. The van der Waals surface area contributed by atoms with E-state index in [0.29, 0.717) is 22.5 Å². The summed E-state index contributed by atoms with van der Waals surface area (Å²) in [6.07, 6.45) is -1.60. The van der Waals surface area contributed by atoms with E-state index in [9.17, 15) is 19.5 Å². The maximum absolute atomic E-state index is 13.9. The summed E-state index contributed by atoms with van der Waals surface area (Å²) >= 11 is 0. The van der Waals surface area contributed by atoms with Crippen molar-refractivity contribution >= 4 is 28.9 Å².